The van der Waals surface area contributed by atoms with Gasteiger partial charge in [0.05, 0.1) is 0 Å². The van der Waals surface area contributed by atoms with E-state index >= 15 is 0 Å². The Hall–Kier alpha value is -0.820. The van der Waals surface area contributed by atoms with Gasteiger partial charge < -0.3 is 5.73 Å². The fraction of sp³-hybridized carbons (Fsp3) is 0.625. The molecular formula is C16H25N. The summed E-state index contributed by atoms with van der Waals surface area (Å²) in [6.45, 7) is 0.841. The van der Waals surface area contributed by atoms with Gasteiger partial charge >= 0.3 is 0 Å². The van der Waals surface area contributed by atoms with E-state index in [0.29, 0.717) is 0 Å². The second kappa shape index (κ2) is 6.80. The summed E-state index contributed by atoms with van der Waals surface area (Å²) in [6.07, 6.45) is 9.54. The zero-order valence-electron chi connectivity index (χ0n) is 10.8. The monoisotopic (exact) mass is 231 g/mol. The van der Waals surface area contributed by atoms with Crippen LogP contribution in [0.15, 0.2) is 30.3 Å². The van der Waals surface area contributed by atoms with Gasteiger partial charge in [-0.15, -0.1) is 0 Å². The van der Waals surface area contributed by atoms with Crippen LogP contribution in [0.1, 0.15) is 56.4 Å². The Morgan fingerprint density at radius 2 is 1.65 bits per heavy atom. The maximum Gasteiger partial charge on any atom is -0.00744 e. The van der Waals surface area contributed by atoms with Crippen molar-refractivity contribution in [3.8, 4) is 0 Å². The van der Waals surface area contributed by atoms with E-state index in [1.807, 2.05) is 0 Å². The van der Waals surface area contributed by atoms with Gasteiger partial charge in [-0.3, -0.25) is 0 Å². The summed E-state index contributed by atoms with van der Waals surface area (Å²) in [5.41, 5.74) is 7.32. The van der Waals surface area contributed by atoms with Crippen molar-refractivity contribution >= 4 is 0 Å². The molecule has 1 aliphatic rings. The molecule has 2 rings (SSSR count). The first-order chi connectivity index (χ1) is 8.42. The van der Waals surface area contributed by atoms with Gasteiger partial charge in [0.25, 0.3) is 0 Å². The molecule has 94 valence electrons. The van der Waals surface area contributed by atoms with Crippen molar-refractivity contribution in [3.63, 3.8) is 0 Å². The van der Waals surface area contributed by atoms with Crippen LogP contribution in [0.25, 0.3) is 0 Å². The van der Waals surface area contributed by atoms with Crippen LogP contribution >= 0.6 is 0 Å². The molecule has 1 fully saturated rings. The molecule has 0 aliphatic heterocycles. The minimum Gasteiger partial charge on any atom is -0.330 e. The van der Waals surface area contributed by atoms with E-state index in [-0.39, 0.29) is 0 Å². The highest BCUT2D eigenvalue weighted by Crippen LogP contribution is 2.37. The van der Waals surface area contributed by atoms with Crippen LogP contribution in [-0.2, 0) is 0 Å². The van der Waals surface area contributed by atoms with E-state index in [4.69, 9.17) is 5.73 Å². The van der Waals surface area contributed by atoms with Crippen molar-refractivity contribution in [2.75, 3.05) is 6.54 Å². The standard InChI is InChI=1S/C16H25N/c17-13-12-15-10-4-1-2-7-11-16(15)14-8-5-3-6-9-14/h3,5-6,8-9,15-16H,1-2,4,7,10-13,17H2. The van der Waals surface area contributed by atoms with Gasteiger partial charge in [0.2, 0.25) is 0 Å². The fourth-order valence-corrected chi connectivity index (χ4v) is 3.26. The van der Waals surface area contributed by atoms with E-state index in [1.54, 1.807) is 0 Å². The fourth-order valence-electron chi connectivity index (χ4n) is 3.26. The molecule has 1 aromatic carbocycles. The van der Waals surface area contributed by atoms with Crippen LogP contribution < -0.4 is 5.73 Å². The molecule has 1 nitrogen and oxygen atoms in total. The molecular weight excluding hydrogens is 206 g/mol. The summed E-state index contributed by atoms with van der Waals surface area (Å²) in [5.74, 6) is 1.56. The molecule has 2 N–H and O–H groups in total. The average Bonchev–Trinajstić information content (AvgIpc) is 2.34. The summed E-state index contributed by atoms with van der Waals surface area (Å²) in [6, 6.07) is 11.1. The number of hydrogen-bond donors (Lipinski definition) is 1. The third-order valence-electron chi connectivity index (χ3n) is 4.17. The smallest absolute Gasteiger partial charge is 0.00744 e. The largest absolute Gasteiger partial charge is 0.330 e. The average molecular weight is 231 g/mol. The Morgan fingerprint density at radius 1 is 0.941 bits per heavy atom. The summed E-state index contributed by atoms with van der Waals surface area (Å²) in [5, 5.41) is 0. The van der Waals surface area contributed by atoms with Gasteiger partial charge in [-0.1, -0.05) is 56.0 Å². The maximum atomic E-state index is 5.79. The second-order valence-corrected chi connectivity index (χ2v) is 5.35. The Labute approximate surface area is 105 Å². The zero-order chi connectivity index (χ0) is 11.9. The van der Waals surface area contributed by atoms with E-state index < -0.39 is 0 Å². The van der Waals surface area contributed by atoms with E-state index in [9.17, 15) is 0 Å². The van der Waals surface area contributed by atoms with Gasteiger partial charge in [0.15, 0.2) is 0 Å². The van der Waals surface area contributed by atoms with Gasteiger partial charge in [-0.2, -0.15) is 0 Å². The lowest BCUT2D eigenvalue weighted by Crippen LogP contribution is -2.18. The van der Waals surface area contributed by atoms with E-state index in [0.717, 1.165) is 18.4 Å². The van der Waals surface area contributed by atoms with Gasteiger partial charge in [0, 0.05) is 0 Å². The predicted molar refractivity (Wildman–Crippen MR) is 74.0 cm³/mol. The lowest BCUT2D eigenvalue weighted by molar-refractivity contribution is 0.316. The first-order valence-corrected chi connectivity index (χ1v) is 7.17. The van der Waals surface area contributed by atoms with Crippen molar-refractivity contribution in [1.82, 2.24) is 0 Å². The number of nitrogens with two attached hydrogens (primary N) is 1. The third-order valence-corrected chi connectivity index (χ3v) is 4.17. The minimum absolute atomic E-state index is 0.750. The summed E-state index contributed by atoms with van der Waals surface area (Å²) < 4.78 is 0. The van der Waals surface area contributed by atoms with Gasteiger partial charge in [0.1, 0.15) is 0 Å². The van der Waals surface area contributed by atoms with Crippen LogP contribution in [0.5, 0.6) is 0 Å². The van der Waals surface area contributed by atoms with Crippen molar-refractivity contribution in [2.24, 2.45) is 11.7 Å². The lowest BCUT2D eigenvalue weighted by Gasteiger charge is -2.29. The van der Waals surface area contributed by atoms with Crippen LogP contribution in [-0.4, -0.2) is 6.54 Å². The van der Waals surface area contributed by atoms with Crippen LogP contribution in [0, 0.1) is 5.92 Å². The van der Waals surface area contributed by atoms with Crippen molar-refractivity contribution in [2.45, 2.75) is 50.9 Å². The molecule has 2 atom stereocenters. The van der Waals surface area contributed by atoms with Crippen molar-refractivity contribution < 1.29 is 0 Å². The quantitative estimate of drug-likeness (QED) is 0.833. The molecule has 0 amide bonds. The molecule has 0 radical (unpaired) electrons. The Kier molecular flexibility index (Phi) is 5.06. The Morgan fingerprint density at radius 3 is 2.35 bits per heavy atom. The second-order valence-electron chi connectivity index (χ2n) is 5.35. The zero-order valence-corrected chi connectivity index (χ0v) is 10.8. The van der Waals surface area contributed by atoms with Crippen LogP contribution in [0.4, 0.5) is 0 Å². The Bertz CT molecular complexity index is 307. The number of rotatable bonds is 3. The van der Waals surface area contributed by atoms with Crippen molar-refractivity contribution in [1.29, 1.82) is 0 Å². The summed E-state index contributed by atoms with van der Waals surface area (Å²) in [7, 11) is 0. The lowest BCUT2D eigenvalue weighted by atomic mass is 9.76. The maximum absolute atomic E-state index is 5.79. The first kappa shape index (κ1) is 12.6. The topological polar surface area (TPSA) is 26.0 Å². The van der Waals surface area contributed by atoms with Crippen LogP contribution in [0.2, 0.25) is 0 Å². The molecule has 0 heterocycles. The minimum atomic E-state index is 0.750. The molecule has 17 heavy (non-hydrogen) atoms. The molecule has 0 saturated heterocycles. The highest BCUT2D eigenvalue weighted by Gasteiger charge is 2.23. The Balaban J connectivity index is 2.12. The molecule has 1 heteroatoms. The molecule has 0 bridgehead atoms. The van der Waals surface area contributed by atoms with Crippen LogP contribution in [0.3, 0.4) is 0 Å². The number of benzene rings is 1. The molecule has 1 saturated carbocycles. The molecule has 1 aromatic rings. The molecule has 0 aromatic heterocycles. The predicted octanol–water partition coefficient (Wildman–Crippen LogP) is 4.09. The first-order valence-electron chi connectivity index (χ1n) is 7.17. The summed E-state index contributed by atoms with van der Waals surface area (Å²) >= 11 is 0. The molecule has 2 unspecified atom stereocenters. The normalized spacial score (nSPS) is 26.2. The molecule has 0 spiro atoms. The van der Waals surface area contributed by atoms with E-state index in [2.05, 4.69) is 30.3 Å². The molecule has 1 aliphatic carbocycles. The highest BCUT2D eigenvalue weighted by molar-refractivity contribution is 5.20. The van der Waals surface area contributed by atoms with E-state index in [1.165, 1.54) is 50.5 Å². The summed E-state index contributed by atoms with van der Waals surface area (Å²) in [4.78, 5) is 0. The number of hydrogen-bond acceptors (Lipinski definition) is 1. The van der Waals surface area contributed by atoms with Gasteiger partial charge in [-0.05, 0) is 43.2 Å². The van der Waals surface area contributed by atoms with Gasteiger partial charge in [-0.25, -0.2) is 0 Å². The highest BCUT2D eigenvalue weighted by atomic mass is 14.5. The SMILES string of the molecule is NCCC1CCCCCCC1c1ccccc1. The van der Waals surface area contributed by atoms with Crippen molar-refractivity contribution in [3.05, 3.63) is 35.9 Å². The third kappa shape index (κ3) is 3.57.